The zero-order valence-electron chi connectivity index (χ0n) is 15.5. The van der Waals surface area contributed by atoms with Crippen molar-refractivity contribution in [3.8, 4) is 0 Å². The lowest BCUT2D eigenvalue weighted by atomic mass is 9.77. The standard InChI is InChI=1S/C20H21F3N4O2/c21-20(22,23)15-3-1-2-12(6-15)19(29)27-10-13-7-16(17(28)8-14(13)11-27)26-18-9-24-4-5-25-18/h1-6,9,13-14,16-17,28H,7-8,10-11H2,(H,25,26)/t13-,14+,16-,17-/m1/s1. The van der Waals surface area contributed by atoms with Crippen LogP contribution in [-0.4, -0.2) is 51.1 Å². The molecule has 0 bridgehead atoms. The van der Waals surface area contributed by atoms with E-state index in [0.29, 0.717) is 31.7 Å². The predicted molar refractivity (Wildman–Crippen MR) is 99.0 cm³/mol. The largest absolute Gasteiger partial charge is 0.416 e. The normalized spacial score (nSPS) is 26.8. The lowest BCUT2D eigenvalue weighted by Crippen LogP contribution is -2.43. The summed E-state index contributed by atoms with van der Waals surface area (Å²) in [5.74, 6) is 0.463. The first-order valence-electron chi connectivity index (χ1n) is 9.48. The molecule has 0 spiro atoms. The number of nitrogens with zero attached hydrogens (tertiary/aromatic N) is 3. The third kappa shape index (κ3) is 4.19. The van der Waals surface area contributed by atoms with Gasteiger partial charge in [0.1, 0.15) is 5.82 Å². The number of amides is 1. The van der Waals surface area contributed by atoms with E-state index in [2.05, 4.69) is 15.3 Å². The van der Waals surface area contributed by atoms with E-state index in [1.165, 1.54) is 12.1 Å². The number of benzene rings is 1. The molecule has 1 aromatic heterocycles. The number of fused-ring (bicyclic) bond motifs is 1. The van der Waals surface area contributed by atoms with Gasteiger partial charge in [0.25, 0.3) is 5.91 Å². The summed E-state index contributed by atoms with van der Waals surface area (Å²) < 4.78 is 38.8. The molecule has 4 rings (SSSR count). The van der Waals surface area contributed by atoms with Crippen LogP contribution >= 0.6 is 0 Å². The monoisotopic (exact) mass is 406 g/mol. The molecule has 1 saturated carbocycles. The van der Waals surface area contributed by atoms with Crippen LogP contribution in [0.5, 0.6) is 0 Å². The van der Waals surface area contributed by atoms with Gasteiger partial charge < -0.3 is 15.3 Å². The van der Waals surface area contributed by atoms with Crippen molar-refractivity contribution in [2.45, 2.75) is 31.2 Å². The van der Waals surface area contributed by atoms with Crippen LogP contribution in [0.15, 0.2) is 42.9 Å². The molecule has 1 amide bonds. The summed E-state index contributed by atoms with van der Waals surface area (Å²) in [6.45, 7) is 0.903. The molecule has 154 valence electrons. The molecule has 0 radical (unpaired) electrons. The fraction of sp³-hybridized carbons (Fsp3) is 0.450. The molecule has 2 aromatic rings. The predicted octanol–water partition coefficient (Wildman–Crippen LogP) is 2.82. The van der Waals surface area contributed by atoms with E-state index in [0.717, 1.165) is 12.1 Å². The zero-order valence-corrected chi connectivity index (χ0v) is 15.5. The first kappa shape index (κ1) is 19.6. The minimum Gasteiger partial charge on any atom is -0.391 e. The Labute approximate surface area is 165 Å². The topological polar surface area (TPSA) is 78.4 Å². The quantitative estimate of drug-likeness (QED) is 0.820. The number of hydrogen-bond donors (Lipinski definition) is 2. The molecule has 0 unspecified atom stereocenters. The Morgan fingerprint density at radius 3 is 2.62 bits per heavy atom. The van der Waals surface area contributed by atoms with E-state index in [1.54, 1.807) is 23.5 Å². The molecular formula is C20H21F3N4O2. The van der Waals surface area contributed by atoms with Gasteiger partial charge in [-0.15, -0.1) is 0 Å². The van der Waals surface area contributed by atoms with Gasteiger partial charge in [0.15, 0.2) is 0 Å². The van der Waals surface area contributed by atoms with Gasteiger partial charge in [-0.2, -0.15) is 13.2 Å². The second-order valence-corrected chi connectivity index (χ2v) is 7.69. The van der Waals surface area contributed by atoms with Crippen LogP contribution in [0, 0.1) is 11.8 Å². The molecule has 1 aromatic carbocycles. The van der Waals surface area contributed by atoms with Gasteiger partial charge in [0.2, 0.25) is 0 Å². The first-order chi connectivity index (χ1) is 13.8. The molecule has 1 saturated heterocycles. The molecule has 2 fully saturated rings. The Balaban J connectivity index is 1.44. The molecule has 2 N–H and O–H groups in total. The number of anilines is 1. The average molecular weight is 406 g/mol. The Bertz CT molecular complexity index is 878. The number of rotatable bonds is 3. The van der Waals surface area contributed by atoms with E-state index >= 15 is 0 Å². The van der Waals surface area contributed by atoms with Crippen molar-refractivity contribution in [1.82, 2.24) is 14.9 Å². The molecule has 2 aliphatic rings. The van der Waals surface area contributed by atoms with E-state index < -0.39 is 23.8 Å². The number of aromatic nitrogens is 2. The number of aliphatic hydroxyl groups excluding tert-OH is 1. The molecule has 29 heavy (non-hydrogen) atoms. The van der Waals surface area contributed by atoms with Gasteiger partial charge in [-0.25, -0.2) is 4.98 Å². The Morgan fingerprint density at radius 2 is 1.93 bits per heavy atom. The first-order valence-corrected chi connectivity index (χ1v) is 9.48. The Hall–Kier alpha value is -2.68. The fourth-order valence-electron chi connectivity index (χ4n) is 4.33. The van der Waals surface area contributed by atoms with E-state index in [9.17, 15) is 23.1 Å². The SMILES string of the molecule is O=C(c1cccc(C(F)(F)F)c1)N1C[C@H]2C[C@@H](Nc3cnccn3)[C@H](O)C[C@H]2C1. The van der Waals surface area contributed by atoms with Crippen molar-refractivity contribution in [2.75, 3.05) is 18.4 Å². The van der Waals surface area contributed by atoms with Gasteiger partial charge in [-0.3, -0.25) is 9.78 Å². The van der Waals surface area contributed by atoms with Crippen LogP contribution in [0.2, 0.25) is 0 Å². The highest BCUT2D eigenvalue weighted by Gasteiger charge is 2.43. The van der Waals surface area contributed by atoms with Crippen LogP contribution < -0.4 is 5.32 Å². The van der Waals surface area contributed by atoms with E-state index in [1.807, 2.05) is 0 Å². The summed E-state index contributed by atoms with van der Waals surface area (Å²) >= 11 is 0. The average Bonchev–Trinajstić information content (AvgIpc) is 3.10. The fourth-order valence-corrected chi connectivity index (χ4v) is 4.33. The maximum atomic E-state index is 12.9. The van der Waals surface area contributed by atoms with E-state index in [4.69, 9.17) is 0 Å². The second kappa shape index (κ2) is 7.62. The molecular weight excluding hydrogens is 385 g/mol. The molecule has 4 atom stereocenters. The second-order valence-electron chi connectivity index (χ2n) is 7.69. The summed E-state index contributed by atoms with van der Waals surface area (Å²) in [6.07, 6.45) is 0.791. The van der Waals surface area contributed by atoms with Gasteiger partial charge >= 0.3 is 6.18 Å². The molecule has 1 aliphatic carbocycles. The van der Waals surface area contributed by atoms with Crippen LogP contribution in [0.3, 0.4) is 0 Å². The van der Waals surface area contributed by atoms with Crippen molar-refractivity contribution in [3.63, 3.8) is 0 Å². The lowest BCUT2D eigenvalue weighted by Gasteiger charge is -2.35. The molecule has 1 aliphatic heterocycles. The Morgan fingerprint density at radius 1 is 1.17 bits per heavy atom. The smallest absolute Gasteiger partial charge is 0.391 e. The summed E-state index contributed by atoms with van der Waals surface area (Å²) in [6, 6.07) is 4.31. The number of likely N-dealkylation sites (tertiary alicyclic amines) is 1. The van der Waals surface area contributed by atoms with Crippen molar-refractivity contribution >= 4 is 11.7 Å². The number of alkyl halides is 3. The number of halogens is 3. The highest BCUT2D eigenvalue weighted by molar-refractivity contribution is 5.94. The highest BCUT2D eigenvalue weighted by Crippen LogP contribution is 2.38. The van der Waals surface area contributed by atoms with Gasteiger partial charge in [-0.05, 0) is 42.9 Å². The van der Waals surface area contributed by atoms with Crippen molar-refractivity contribution in [2.24, 2.45) is 11.8 Å². The van der Waals surface area contributed by atoms with Crippen LogP contribution in [-0.2, 0) is 6.18 Å². The summed E-state index contributed by atoms with van der Waals surface area (Å²) in [5, 5.41) is 13.7. The van der Waals surface area contributed by atoms with Gasteiger partial charge in [-0.1, -0.05) is 6.07 Å². The zero-order chi connectivity index (χ0) is 20.6. The molecule has 2 heterocycles. The van der Waals surface area contributed by atoms with Crippen LogP contribution in [0.4, 0.5) is 19.0 Å². The van der Waals surface area contributed by atoms with E-state index in [-0.39, 0.29) is 23.4 Å². The van der Waals surface area contributed by atoms with Crippen molar-refractivity contribution < 1.29 is 23.1 Å². The van der Waals surface area contributed by atoms with Gasteiger partial charge in [0.05, 0.1) is 23.9 Å². The third-order valence-electron chi connectivity index (χ3n) is 5.76. The highest BCUT2D eigenvalue weighted by atomic mass is 19.4. The third-order valence-corrected chi connectivity index (χ3v) is 5.76. The summed E-state index contributed by atoms with van der Waals surface area (Å²) in [5.41, 5.74) is -0.795. The number of nitrogens with one attached hydrogen (secondary N) is 1. The lowest BCUT2D eigenvalue weighted by molar-refractivity contribution is -0.137. The van der Waals surface area contributed by atoms with Crippen LogP contribution in [0.1, 0.15) is 28.8 Å². The van der Waals surface area contributed by atoms with Crippen molar-refractivity contribution in [1.29, 1.82) is 0 Å². The maximum absolute atomic E-state index is 12.9. The minimum absolute atomic E-state index is 0.0354. The summed E-state index contributed by atoms with van der Waals surface area (Å²) in [7, 11) is 0. The number of aliphatic hydroxyl groups is 1. The van der Waals surface area contributed by atoms with Gasteiger partial charge in [0, 0.05) is 31.0 Å². The number of carbonyl (C=O) groups excluding carboxylic acids is 1. The van der Waals surface area contributed by atoms with Crippen molar-refractivity contribution in [3.05, 3.63) is 54.0 Å². The number of hydrogen-bond acceptors (Lipinski definition) is 5. The maximum Gasteiger partial charge on any atom is 0.416 e. The number of carbonyl (C=O) groups is 1. The minimum atomic E-state index is -4.49. The van der Waals surface area contributed by atoms with Crippen LogP contribution in [0.25, 0.3) is 0 Å². The molecule has 6 nitrogen and oxygen atoms in total. The molecule has 9 heteroatoms. The Kier molecular flexibility index (Phi) is 5.16. The summed E-state index contributed by atoms with van der Waals surface area (Å²) in [4.78, 5) is 22.5.